The van der Waals surface area contributed by atoms with Crippen LogP contribution in [-0.4, -0.2) is 25.5 Å². The molecule has 13 rings (SSSR count). The first-order valence-corrected chi connectivity index (χ1v) is 22.4. The SMILES string of the molecule is C/N=C(/c1ccc2c(c1)C1(c3ccccc3-c3ccccc31)c1ccccc1-2)c1cc(C)c(/C(=N\C)c2ccc3c(c2)C2(c4ccccc4-c4ccccc42)c2ccccc2-3)cc1C. The number of rotatable bonds is 4. The Morgan fingerprint density at radius 3 is 0.812 bits per heavy atom. The van der Waals surface area contributed by atoms with Gasteiger partial charge in [-0.2, -0.15) is 0 Å². The molecule has 0 heterocycles. The molecule has 9 aromatic rings. The van der Waals surface area contributed by atoms with Crippen LogP contribution in [0.25, 0.3) is 44.5 Å². The van der Waals surface area contributed by atoms with Crippen LogP contribution >= 0.6 is 0 Å². The van der Waals surface area contributed by atoms with Crippen molar-refractivity contribution in [2.24, 2.45) is 9.98 Å². The van der Waals surface area contributed by atoms with E-state index >= 15 is 0 Å². The molecule has 0 unspecified atom stereocenters. The van der Waals surface area contributed by atoms with Gasteiger partial charge in [0.15, 0.2) is 0 Å². The minimum atomic E-state index is -0.409. The van der Waals surface area contributed by atoms with E-state index in [-0.39, 0.29) is 0 Å². The average Bonchev–Trinajstić information content (AvgIpc) is 4.02. The smallest absolute Gasteiger partial charge is 0.0725 e. The van der Waals surface area contributed by atoms with Gasteiger partial charge in [0.1, 0.15) is 0 Å². The Labute approximate surface area is 375 Å². The number of aliphatic imine (C=N–C) groups is 2. The van der Waals surface area contributed by atoms with Gasteiger partial charge in [-0.1, -0.05) is 170 Å². The highest BCUT2D eigenvalue weighted by atomic mass is 14.7. The van der Waals surface area contributed by atoms with Crippen molar-refractivity contribution in [3.63, 3.8) is 0 Å². The Bertz CT molecular complexity index is 3200. The third-order valence-corrected chi connectivity index (χ3v) is 15.1. The van der Waals surface area contributed by atoms with Crippen LogP contribution in [0.15, 0.2) is 204 Å². The largest absolute Gasteiger partial charge is 0.287 e. The fraction of sp³-hybridized carbons (Fsp3) is 0.0968. The molecule has 0 atom stereocenters. The molecule has 2 nitrogen and oxygen atoms in total. The first-order valence-electron chi connectivity index (χ1n) is 22.4. The van der Waals surface area contributed by atoms with E-state index in [1.807, 2.05) is 14.1 Å². The third kappa shape index (κ3) is 4.55. The number of aryl methyl sites for hydroxylation is 2. The first kappa shape index (κ1) is 36.9. The minimum Gasteiger partial charge on any atom is -0.287 e. The summed E-state index contributed by atoms with van der Waals surface area (Å²) in [7, 11) is 3.87. The summed E-state index contributed by atoms with van der Waals surface area (Å²) in [6.45, 7) is 4.46. The molecule has 0 saturated heterocycles. The molecule has 0 amide bonds. The summed E-state index contributed by atoms with van der Waals surface area (Å²) in [5.41, 5.74) is 29.2. The molecule has 302 valence electrons. The van der Waals surface area contributed by atoms with Crippen LogP contribution in [0.2, 0.25) is 0 Å². The molecule has 0 saturated carbocycles. The maximum absolute atomic E-state index is 5.08. The van der Waals surface area contributed by atoms with Gasteiger partial charge in [-0.05, 0) is 138 Å². The predicted molar refractivity (Wildman–Crippen MR) is 265 cm³/mol. The molecule has 0 aliphatic heterocycles. The molecular weight excluding hydrogens is 773 g/mol. The molecule has 0 bridgehead atoms. The van der Waals surface area contributed by atoms with Crippen molar-refractivity contribution in [3.8, 4) is 44.5 Å². The van der Waals surface area contributed by atoms with E-state index in [0.717, 1.165) is 33.7 Å². The lowest BCUT2D eigenvalue weighted by atomic mass is 9.70. The van der Waals surface area contributed by atoms with Gasteiger partial charge < -0.3 is 0 Å². The second kappa shape index (κ2) is 13.4. The Balaban J connectivity index is 0.933. The highest BCUT2D eigenvalue weighted by molar-refractivity contribution is 6.18. The van der Waals surface area contributed by atoms with Gasteiger partial charge in [0, 0.05) is 36.3 Å². The van der Waals surface area contributed by atoms with Gasteiger partial charge in [0.05, 0.1) is 22.3 Å². The van der Waals surface area contributed by atoms with Crippen LogP contribution < -0.4 is 0 Å². The van der Waals surface area contributed by atoms with Gasteiger partial charge >= 0.3 is 0 Å². The summed E-state index contributed by atoms with van der Waals surface area (Å²) in [4.78, 5) is 10.2. The van der Waals surface area contributed by atoms with E-state index in [1.165, 1.54) is 100 Å². The van der Waals surface area contributed by atoms with Crippen molar-refractivity contribution in [1.82, 2.24) is 0 Å². The van der Waals surface area contributed by atoms with Crippen molar-refractivity contribution in [3.05, 3.63) is 272 Å². The lowest BCUT2D eigenvalue weighted by Gasteiger charge is -2.31. The molecular formula is C62H44N2. The molecule has 4 aliphatic rings. The second-order valence-electron chi connectivity index (χ2n) is 17.9. The minimum absolute atomic E-state index is 0.409. The Morgan fingerprint density at radius 2 is 0.547 bits per heavy atom. The monoisotopic (exact) mass is 816 g/mol. The molecule has 0 aromatic heterocycles. The summed E-state index contributed by atoms with van der Waals surface area (Å²) in [5.74, 6) is 0. The van der Waals surface area contributed by atoms with Crippen molar-refractivity contribution in [2.45, 2.75) is 24.7 Å². The molecule has 64 heavy (non-hydrogen) atoms. The van der Waals surface area contributed by atoms with Crippen molar-refractivity contribution >= 4 is 11.4 Å². The second-order valence-corrected chi connectivity index (χ2v) is 17.9. The first-order chi connectivity index (χ1) is 31.5. The zero-order chi connectivity index (χ0) is 42.9. The van der Waals surface area contributed by atoms with E-state index in [0.29, 0.717) is 0 Å². The molecule has 2 spiro atoms. The summed E-state index contributed by atoms with van der Waals surface area (Å²) in [5, 5.41) is 0. The molecule has 9 aromatic carbocycles. The van der Waals surface area contributed by atoms with E-state index in [1.54, 1.807) is 0 Å². The average molecular weight is 817 g/mol. The zero-order valence-electron chi connectivity index (χ0n) is 36.4. The summed E-state index contributed by atoms with van der Waals surface area (Å²) in [6, 6.07) is 72.8. The van der Waals surface area contributed by atoms with Gasteiger partial charge in [-0.25, -0.2) is 0 Å². The topological polar surface area (TPSA) is 24.7 Å². The Kier molecular flexibility index (Phi) is 7.74. The van der Waals surface area contributed by atoms with Gasteiger partial charge in [0.25, 0.3) is 0 Å². The van der Waals surface area contributed by atoms with Gasteiger partial charge in [-0.3, -0.25) is 9.98 Å². The Morgan fingerprint density at radius 1 is 0.297 bits per heavy atom. The predicted octanol–water partition coefficient (Wildman–Crippen LogP) is 13.9. The number of benzene rings is 9. The van der Waals surface area contributed by atoms with Crippen LogP contribution in [-0.2, 0) is 10.8 Å². The summed E-state index contributed by atoms with van der Waals surface area (Å²) in [6.07, 6.45) is 0. The highest BCUT2D eigenvalue weighted by Crippen LogP contribution is 2.64. The quantitative estimate of drug-likeness (QED) is 0.158. The van der Waals surface area contributed by atoms with E-state index in [4.69, 9.17) is 9.98 Å². The zero-order valence-corrected chi connectivity index (χ0v) is 36.4. The van der Waals surface area contributed by atoms with Gasteiger partial charge in [0.2, 0.25) is 0 Å². The summed E-state index contributed by atoms with van der Waals surface area (Å²) >= 11 is 0. The van der Waals surface area contributed by atoms with E-state index in [2.05, 4.69) is 208 Å². The van der Waals surface area contributed by atoms with Crippen LogP contribution in [0.1, 0.15) is 77.9 Å². The number of fused-ring (bicyclic) bond motifs is 20. The molecule has 4 aliphatic carbocycles. The standard InChI is InChI=1S/C62H44N2/c1-37-33-50(60(64-4)40-30-32-48-46-22-10-16-28-56(46)62(58(48)36-40)53-25-13-7-19-43(53)44-20-8-14-26-54(44)62)38(2)34-49(37)59(63-3)39-29-31-47-45-21-9-15-27-55(45)61(57(47)35-39)51-23-11-5-17-41(51)42-18-6-12-24-52(42)61/h5-36H,1-4H3/b63-59-,64-60-. The van der Waals surface area contributed by atoms with Crippen molar-refractivity contribution < 1.29 is 0 Å². The van der Waals surface area contributed by atoms with Crippen molar-refractivity contribution in [2.75, 3.05) is 14.1 Å². The highest BCUT2D eigenvalue weighted by Gasteiger charge is 2.53. The molecule has 0 fully saturated rings. The third-order valence-electron chi connectivity index (χ3n) is 15.1. The fourth-order valence-electron chi connectivity index (χ4n) is 12.6. The van der Waals surface area contributed by atoms with Crippen LogP contribution in [0.4, 0.5) is 0 Å². The molecule has 2 heteroatoms. The van der Waals surface area contributed by atoms with E-state index in [9.17, 15) is 0 Å². The maximum atomic E-state index is 5.08. The normalized spacial score (nSPS) is 15.0. The van der Waals surface area contributed by atoms with Crippen LogP contribution in [0.3, 0.4) is 0 Å². The fourth-order valence-corrected chi connectivity index (χ4v) is 12.6. The molecule has 0 radical (unpaired) electrons. The number of nitrogens with zero attached hydrogens (tertiary/aromatic N) is 2. The van der Waals surface area contributed by atoms with Crippen LogP contribution in [0, 0.1) is 13.8 Å². The number of hydrogen-bond donors (Lipinski definition) is 0. The lowest BCUT2D eigenvalue weighted by molar-refractivity contribution is 0.793. The lowest BCUT2D eigenvalue weighted by Crippen LogP contribution is -2.26. The van der Waals surface area contributed by atoms with Crippen molar-refractivity contribution in [1.29, 1.82) is 0 Å². The maximum Gasteiger partial charge on any atom is 0.0725 e. The van der Waals surface area contributed by atoms with E-state index < -0.39 is 10.8 Å². The van der Waals surface area contributed by atoms with Crippen LogP contribution in [0.5, 0.6) is 0 Å². The molecule has 0 N–H and O–H groups in total. The summed E-state index contributed by atoms with van der Waals surface area (Å²) < 4.78 is 0. The number of hydrogen-bond acceptors (Lipinski definition) is 2. The Hall–Kier alpha value is -7.68. The van der Waals surface area contributed by atoms with Gasteiger partial charge in [-0.15, -0.1) is 0 Å².